The number of piperidine rings is 1. The lowest BCUT2D eigenvalue weighted by atomic mass is 9.84. The van der Waals surface area contributed by atoms with Crippen LogP contribution in [-0.4, -0.2) is 47.4 Å². The number of aromatic amines is 1. The number of aryl methyl sites for hydroxylation is 1. The minimum Gasteiger partial charge on any atom is -0.388 e. The smallest absolute Gasteiger partial charge is 0.261 e. The number of benzene rings is 3. The van der Waals surface area contributed by atoms with Gasteiger partial charge in [-0.25, -0.2) is 4.98 Å². The van der Waals surface area contributed by atoms with Gasteiger partial charge in [-0.1, -0.05) is 74.4 Å². The fraction of sp³-hybridized carbons (Fsp3) is 0.382. The molecule has 9 heteroatoms. The van der Waals surface area contributed by atoms with Gasteiger partial charge in [-0.3, -0.25) is 9.36 Å². The number of aliphatic hydroxyl groups is 1. The van der Waals surface area contributed by atoms with Gasteiger partial charge < -0.3 is 10.4 Å². The quantitative estimate of drug-likeness (QED) is 0.198. The first kappa shape index (κ1) is 28.9. The van der Waals surface area contributed by atoms with Crippen molar-refractivity contribution in [2.24, 2.45) is 0 Å². The van der Waals surface area contributed by atoms with Gasteiger partial charge in [0.15, 0.2) is 0 Å². The Morgan fingerprint density at radius 2 is 1.86 bits per heavy atom. The van der Waals surface area contributed by atoms with Crippen molar-refractivity contribution < 1.29 is 5.11 Å². The molecular formula is C34H39N7O2. The zero-order valence-corrected chi connectivity index (χ0v) is 24.9. The fourth-order valence-corrected chi connectivity index (χ4v) is 6.20. The van der Waals surface area contributed by atoms with Crippen molar-refractivity contribution in [1.82, 2.24) is 35.5 Å². The Morgan fingerprint density at radius 3 is 2.58 bits per heavy atom. The molecule has 2 atom stereocenters. The van der Waals surface area contributed by atoms with Crippen LogP contribution in [0.5, 0.6) is 0 Å². The summed E-state index contributed by atoms with van der Waals surface area (Å²) >= 11 is 0. The van der Waals surface area contributed by atoms with E-state index in [9.17, 15) is 9.90 Å². The normalized spacial score (nSPS) is 17.7. The van der Waals surface area contributed by atoms with E-state index in [1.54, 1.807) is 4.57 Å². The van der Waals surface area contributed by atoms with Gasteiger partial charge in [0.05, 0.1) is 23.6 Å². The lowest BCUT2D eigenvalue weighted by Gasteiger charge is -2.36. The summed E-state index contributed by atoms with van der Waals surface area (Å²) in [6.45, 7) is 5.72. The average Bonchev–Trinajstić information content (AvgIpc) is 3.57. The molecule has 1 aliphatic rings. The first-order chi connectivity index (χ1) is 20.9. The summed E-state index contributed by atoms with van der Waals surface area (Å²) in [5.41, 5.74) is 5.20. The third-order valence-corrected chi connectivity index (χ3v) is 8.67. The van der Waals surface area contributed by atoms with Gasteiger partial charge in [-0.15, -0.1) is 10.2 Å². The number of aliphatic hydroxyl groups excluding tert-OH is 1. The standard InChI is InChI=1S/C34H39N7O2/c1-3-4-11-31-36-29-17-16-25(30(42)21-34(2)18-7-8-19-35-34)20-28(29)33(43)41(31)22-23-12-14-24(15-13-23)26-9-5-6-10-27(26)32-37-39-40-38-32/h5-6,9-10,12-17,20,30,35,42H,3-4,7-8,11,18-19,21-22H2,1-2H3,(H,37,38,39,40). The molecule has 2 aromatic heterocycles. The fourth-order valence-electron chi connectivity index (χ4n) is 6.20. The third-order valence-electron chi connectivity index (χ3n) is 8.67. The second kappa shape index (κ2) is 12.6. The van der Waals surface area contributed by atoms with E-state index in [0.717, 1.165) is 72.3 Å². The summed E-state index contributed by atoms with van der Waals surface area (Å²) in [6.07, 6.45) is 6.01. The minimum atomic E-state index is -0.657. The maximum atomic E-state index is 14.0. The van der Waals surface area contributed by atoms with Gasteiger partial charge in [-0.05, 0) is 78.8 Å². The maximum Gasteiger partial charge on any atom is 0.261 e. The molecule has 3 heterocycles. The molecule has 1 fully saturated rings. The number of H-pyrrole nitrogens is 1. The van der Waals surface area contributed by atoms with Crippen LogP contribution in [0.25, 0.3) is 33.4 Å². The molecule has 9 nitrogen and oxygen atoms in total. The van der Waals surface area contributed by atoms with Gasteiger partial charge in [0, 0.05) is 17.5 Å². The number of aromatic nitrogens is 6. The van der Waals surface area contributed by atoms with Crippen LogP contribution in [0.15, 0.2) is 71.5 Å². The zero-order valence-electron chi connectivity index (χ0n) is 24.9. The second-order valence-corrected chi connectivity index (χ2v) is 11.9. The molecule has 3 aromatic carbocycles. The van der Waals surface area contributed by atoms with Crippen LogP contribution in [0.4, 0.5) is 0 Å². The Kier molecular flexibility index (Phi) is 8.44. The number of rotatable bonds is 10. The van der Waals surface area contributed by atoms with Crippen molar-refractivity contribution in [3.8, 4) is 22.5 Å². The van der Waals surface area contributed by atoms with Crippen molar-refractivity contribution in [2.45, 2.75) is 77.0 Å². The van der Waals surface area contributed by atoms with E-state index < -0.39 is 6.10 Å². The molecule has 0 aliphatic carbocycles. The van der Waals surface area contributed by atoms with Crippen molar-refractivity contribution in [3.05, 3.63) is 94.0 Å². The molecular weight excluding hydrogens is 538 g/mol. The monoisotopic (exact) mass is 577 g/mol. The molecule has 222 valence electrons. The highest BCUT2D eigenvalue weighted by Crippen LogP contribution is 2.32. The summed E-state index contributed by atoms with van der Waals surface area (Å²) in [7, 11) is 0. The summed E-state index contributed by atoms with van der Waals surface area (Å²) in [6, 6.07) is 21.9. The van der Waals surface area contributed by atoms with Gasteiger partial charge in [0.1, 0.15) is 5.82 Å². The van der Waals surface area contributed by atoms with Crippen LogP contribution in [0.2, 0.25) is 0 Å². The zero-order chi connectivity index (χ0) is 29.8. The second-order valence-electron chi connectivity index (χ2n) is 11.9. The van der Waals surface area contributed by atoms with E-state index in [1.165, 1.54) is 6.42 Å². The van der Waals surface area contributed by atoms with Crippen LogP contribution in [-0.2, 0) is 13.0 Å². The van der Waals surface area contributed by atoms with Crippen LogP contribution in [0.1, 0.15) is 75.4 Å². The SMILES string of the molecule is CCCCc1nc2ccc(C(O)CC3(C)CCCCN3)cc2c(=O)n1Cc1ccc(-c2ccccc2-c2nn[nH]n2)cc1. The van der Waals surface area contributed by atoms with Crippen molar-refractivity contribution in [3.63, 3.8) is 0 Å². The number of unbranched alkanes of at least 4 members (excludes halogenated alkanes) is 1. The van der Waals surface area contributed by atoms with Crippen molar-refractivity contribution >= 4 is 10.9 Å². The molecule has 0 amide bonds. The van der Waals surface area contributed by atoms with Gasteiger partial charge in [-0.2, -0.15) is 5.21 Å². The highest BCUT2D eigenvalue weighted by molar-refractivity contribution is 5.80. The largest absolute Gasteiger partial charge is 0.388 e. The van der Waals surface area contributed by atoms with E-state index in [-0.39, 0.29) is 11.1 Å². The molecule has 0 spiro atoms. The Bertz CT molecular complexity index is 1740. The average molecular weight is 578 g/mol. The molecule has 3 N–H and O–H groups in total. The predicted octanol–water partition coefficient (Wildman–Crippen LogP) is 5.59. The third kappa shape index (κ3) is 6.28. The topological polar surface area (TPSA) is 122 Å². The Balaban J connectivity index is 1.31. The number of tetrazole rings is 1. The molecule has 1 saturated heterocycles. The van der Waals surface area contributed by atoms with Crippen LogP contribution in [0, 0.1) is 0 Å². The van der Waals surface area contributed by atoms with E-state index in [1.807, 2.05) is 42.5 Å². The molecule has 6 rings (SSSR count). The van der Waals surface area contributed by atoms with Gasteiger partial charge in [0.25, 0.3) is 5.56 Å². The van der Waals surface area contributed by atoms with Crippen LogP contribution in [0.3, 0.4) is 0 Å². The van der Waals surface area contributed by atoms with E-state index in [2.05, 4.69) is 64.1 Å². The first-order valence-corrected chi connectivity index (χ1v) is 15.3. The maximum absolute atomic E-state index is 14.0. The van der Waals surface area contributed by atoms with Crippen LogP contribution < -0.4 is 10.9 Å². The Labute approximate surface area is 251 Å². The number of hydrogen-bond acceptors (Lipinski definition) is 7. The number of fused-ring (bicyclic) bond motifs is 1. The van der Waals surface area contributed by atoms with Crippen molar-refractivity contribution in [1.29, 1.82) is 0 Å². The number of hydrogen-bond donors (Lipinski definition) is 3. The summed E-state index contributed by atoms with van der Waals surface area (Å²) in [4.78, 5) is 19.0. The number of nitrogens with one attached hydrogen (secondary N) is 2. The summed E-state index contributed by atoms with van der Waals surface area (Å²) in [5, 5.41) is 29.8. The highest BCUT2D eigenvalue weighted by atomic mass is 16.3. The highest BCUT2D eigenvalue weighted by Gasteiger charge is 2.29. The summed E-state index contributed by atoms with van der Waals surface area (Å²) in [5.74, 6) is 1.33. The predicted molar refractivity (Wildman–Crippen MR) is 169 cm³/mol. The lowest BCUT2D eigenvalue weighted by Crippen LogP contribution is -2.46. The van der Waals surface area contributed by atoms with E-state index >= 15 is 0 Å². The van der Waals surface area contributed by atoms with E-state index in [4.69, 9.17) is 4.98 Å². The minimum absolute atomic E-state index is 0.0707. The molecule has 0 saturated carbocycles. The summed E-state index contributed by atoms with van der Waals surface area (Å²) < 4.78 is 1.81. The Morgan fingerprint density at radius 1 is 1.05 bits per heavy atom. The van der Waals surface area contributed by atoms with E-state index in [0.29, 0.717) is 29.7 Å². The molecule has 43 heavy (non-hydrogen) atoms. The molecule has 1 aliphatic heterocycles. The molecule has 0 bridgehead atoms. The Hall–Kier alpha value is -4.21. The van der Waals surface area contributed by atoms with Gasteiger partial charge >= 0.3 is 0 Å². The molecule has 5 aromatic rings. The first-order valence-electron chi connectivity index (χ1n) is 15.3. The molecule has 2 unspecified atom stereocenters. The van der Waals surface area contributed by atoms with Gasteiger partial charge in [0.2, 0.25) is 5.82 Å². The lowest BCUT2D eigenvalue weighted by molar-refractivity contribution is 0.111. The number of nitrogens with zero attached hydrogens (tertiary/aromatic N) is 5. The van der Waals surface area contributed by atoms with Crippen molar-refractivity contribution in [2.75, 3.05) is 6.54 Å². The van der Waals surface area contributed by atoms with Crippen LogP contribution >= 0.6 is 0 Å². The molecule has 0 radical (unpaired) electrons.